The van der Waals surface area contributed by atoms with E-state index in [4.69, 9.17) is 22.1 Å². The van der Waals surface area contributed by atoms with Gasteiger partial charge in [0.1, 0.15) is 0 Å². The molecule has 0 aromatic heterocycles. The van der Waals surface area contributed by atoms with Gasteiger partial charge in [0.05, 0.1) is 18.3 Å². The summed E-state index contributed by atoms with van der Waals surface area (Å²) in [4.78, 5) is 39.8. The molecule has 3 aromatic carbocycles. The molecule has 0 unspecified atom stereocenters. The number of nitrogens with zero attached hydrogens (tertiary/aromatic N) is 1. The Hall–Kier alpha value is -3.21. The monoisotopic (exact) mass is 579 g/mol. The van der Waals surface area contributed by atoms with Crippen LogP contribution in [0.5, 0.6) is 0 Å². The fourth-order valence-electron chi connectivity index (χ4n) is 6.32. The van der Waals surface area contributed by atoms with E-state index in [1.807, 2.05) is 38.2 Å². The van der Waals surface area contributed by atoms with Crippen LogP contribution in [0.1, 0.15) is 34.8 Å². The van der Waals surface area contributed by atoms with Crippen molar-refractivity contribution in [1.82, 2.24) is 0 Å². The summed E-state index contributed by atoms with van der Waals surface area (Å²) in [5, 5.41) is 13.1. The fourth-order valence-corrected chi connectivity index (χ4v) is 9.09. The number of halogens is 1. The Labute approximate surface area is 239 Å². The predicted molar refractivity (Wildman–Crippen MR) is 159 cm³/mol. The molecular weight excluding hydrogens is 546 g/mol. The number of nitrogens with two attached hydrogens (primary N) is 1. The normalized spacial score (nSPS) is 24.0. The van der Waals surface area contributed by atoms with E-state index in [0.29, 0.717) is 39.6 Å². The highest BCUT2D eigenvalue weighted by molar-refractivity contribution is 6.71. The number of nitrogen functional groups attached to an aromatic ring is 1. The third kappa shape index (κ3) is 4.93. The number of carbonyl (C=O) groups is 2. The second-order valence-corrected chi connectivity index (χ2v) is 15.6. The number of amides is 2. The van der Waals surface area contributed by atoms with E-state index in [-0.39, 0.29) is 36.4 Å². The zero-order valence-corrected chi connectivity index (χ0v) is 24.5. The summed E-state index contributed by atoms with van der Waals surface area (Å²) < 4.78 is 6.59. The standard InChI is InChI=1S/C30H34ClN3O5Si/c1-18-27(40(2,3)38)26(14-15-35)39-30(18)24-16-21(31)8-13-25(24)34(29(30)37)17-19-4-11-23(12-5-19)33-28(36)20-6-9-22(32)10-7-20/h4-13,16,18,26-27,35,38H,14-15,17,32H2,1-3H3,(H,33,36)/t18-,26+,27-,30+/m0/s1. The van der Waals surface area contributed by atoms with E-state index in [9.17, 15) is 19.5 Å². The maximum absolute atomic E-state index is 14.3. The minimum atomic E-state index is -2.77. The van der Waals surface area contributed by atoms with Crippen LogP contribution in [-0.4, -0.2) is 42.7 Å². The molecule has 2 heterocycles. The Bertz CT molecular complexity index is 1430. The summed E-state index contributed by atoms with van der Waals surface area (Å²) in [7, 11) is -2.77. The van der Waals surface area contributed by atoms with Gasteiger partial charge in [-0.15, -0.1) is 0 Å². The first-order valence-electron chi connectivity index (χ1n) is 13.3. The van der Waals surface area contributed by atoms with Crippen LogP contribution >= 0.6 is 11.6 Å². The summed E-state index contributed by atoms with van der Waals surface area (Å²) in [6.45, 7) is 5.84. The van der Waals surface area contributed by atoms with E-state index >= 15 is 0 Å². The second-order valence-electron chi connectivity index (χ2n) is 11.2. The van der Waals surface area contributed by atoms with Crippen molar-refractivity contribution in [3.63, 3.8) is 0 Å². The minimum Gasteiger partial charge on any atom is -0.432 e. The summed E-state index contributed by atoms with van der Waals surface area (Å²) in [6.07, 6.45) is -0.119. The molecule has 2 aliphatic rings. The Kier molecular flexibility index (Phi) is 7.54. The van der Waals surface area contributed by atoms with Gasteiger partial charge in [0.25, 0.3) is 11.8 Å². The molecule has 0 aliphatic carbocycles. The number of carbonyl (C=O) groups excluding carboxylic acids is 2. The summed E-state index contributed by atoms with van der Waals surface area (Å²) >= 11 is 6.42. The van der Waals surface area contributed by atoms with Crippen LogP contribution in [0.2, 0.25) is 23.7 Å². The zero-order chi connectivity index (χ0) is 28.8. The summed E-state index contributed by atoms with van der Waals surface area (Å²) in [5.41, 5.74) is 8.13. The first-order chi connectivity index (χ1) is 19.0. The second kappa shape index (κ2) is 10.6. The third-order valence-electron chi connectivity index (χ3n) is 8.08. The van der Waals surface area contributed by atoms with Crippen LogP contribution < -0.4 is 16.0 Å². The number of hydrogen-bond acceptors (Lipinski definition) is 6. The number of aliphatic hydroxyl groups is 1. The van der Waals surface area contributed by atoms with Crippen LogP contribution in [0.25, 0.3) is 0 Å². The number of aliphatic hydroxyl groups excluding tert-OH is 1. The Balaban J connectivity index is 1.42. The first-order valence-corrected chi connectivity index (χ1v) is 16.7. The van der Waals surface area contributed by atoms with Crippen LogP contribution in [-0.2, 0) is 21.7 Å². The molecule has 2 aliphatic heterocycles. The first kappa shape index (κ1) is 28.3. The third-order valence-corrected chi connectivity index (χ3v) is 10.8. The van der Waals surface area contributed by atoms with E-state index in [0.717, 1.165) is 5.56 Å². The topological polar surface area (TPSA) is 125 Å². The van der Waals surface area contributed by atoms with Gasteiger partial charge < -0.3 is 30.6 Å². The summed E-state index contributed by atoms with van der Waals surface area (Å²) in [6, 6.07) is 19.4. The quantitative estimate of drug-likeness (QED) is 0.233. The lowest BCUT2D eigenvalue weighted by Crippen LogP contribution is -2.46. The lowest BCUT2D eigenvalue weighted by Gasteiger charge is -2.32. The zero-order valence-electron chi connectivity index (χ0n) is 22.7. The number of benzene rings is 3. The molecular formula is C30H34ClN3O5Si. The number of nitrogens with one attached hydrogen (secondary N) is 1. The van der Waals surface area contributed by atoms with Crippen molar-refractivity contribution in [3.05, 3.63) is 88.4 Å². The number of hydrogen-bond donors (Lipinski definition) is 4. The molecule has 1 spiro atoms. The molecule has 1 fully saturated rings. The molecule has 0 bridgehead atoms. The SMILES string of the molecule is C[C@H]1[C@H]([Si](C)(C)O)[C@@H](CCO)O[C@]12C(=O)N(Cc1ccc(NC(=O)c3ccc(N)cc3)cc1)c1ccc(Cl)cc12. The highest BCUT2D eigenvalue weighted by Gasteiger charge is 2.66. The molecule has 1 saturated heterocycles. The molecule has 5 N–H and O–H groups in total. The molecule has 10 heteroatoms. The van der Waals surface area contributed by atoms with Gasteiger partial charge in [0.2, 0.25) is 0 Å². The molecule has 8 nitrogen and oxygen atoms in total. The number of fused-ring (bicyclic) bond motifs is 2. The van der Waals surface area contributed by atoms with Crippen LogP contribution in [0.15, 0.2) is 66.7 Å². The van der Waals surface area contributed by atoms with E-state index in [2.05, 4.69) is 5.32 Å². The Morgan fingerprint density at radius 2 is 1.80 bits per heavy atom. The molecule has 3 aromatic rings. The van der Waals surface area contributed by atoms with Gasteiger partial charge in [-0.1, -0.05) is 30.7 Å². The molecule has 210 valence electrons. The average Bonchev–Trinajstić information content (AvgIpc) is 3.32. The highest BCUT2D eigenvalue weighted by atomic mass is 35.5. The number of rotatable bonds is 7. The summed E-state index contributed by atoms with van der Waals surface area (Å²) in [5.74, 6) is -0.775. The Morgan fingerprint density at radius 3 is 2.42 bits per heavy atom. The smallest absolute Gasteiger partial charge is 0.264 e. The van der Waals surface area contributed by atoms with Crippen LogP contribution in [0.4, 0.5) is 17.1 Å². The maximum Gasteiger partial charge on any atom is 0.264 e. The van der Waals surface area contributed by atoms with Gasteiger partial charge in [-0.2, -0.15) is 0 Å². The molecule has 5 rings (SSSR count). The lowest BCUT2D eigenvalue weighted by atomic mass is 9.82. The van der Waals surface area contributed by atoms with Gasteiger partial charge in [0.15, 0.2) is 13.9 Å². The van der Waals surface area contributed by atoms with Crippen molar-refractivity contribution >= 4 is 48.8 Å². The molecule has 0 saturated carbocycles. The molecule has 0 radical (unpaired) electrons. The van der Waals surface area contributed by atoms with Gasteiger partial charge in [-0.05, 0) is 79.7 Å². The van der Waals surface area contributed by atoms with E-state index in [1.165, 1.54) is 0 Å². The van der Waals surface area contributed by atoms with Crippen molar-refractivity contribution in [2.45, 2.75) is 50.2 Å². The van der Waals surface area contributed by atoms with Crippen molar-refractivity contribution in [2.75, 3.05) is 22.6 Å². The predicted octanol–water partition coefficient (Wildman–Crippen LogP) is 4.90. The molecule has 4 atom stereocenters. The largest absolute Gasteiger partial charge is 0.432 e. The average molecular weight is 580 g/mol. The van der Waals surface area contributed by atoms with Crippen molar-refractivity contribution in [3.8, 4) is 0 Å². The van der Waals surface area contributed by atoms with Crippen LogP contribution in [0, 0.1) is 5.92 Å². The van der Waals surface area contributed by atoms with Gasteiger partial charge >= 0.3 is 0 Å². The van der Waals surface area contributed by atoms with Gasteiger partial charge in [-0.3, -0.25) is 9.59 Å². The van der Waals surface area contributed by atoms with Gasteiger partial charge in [-0.25, -0.2) is 0 Å². The Morgan fingerprint density at radius 1 is 1.12 bits per heavy atom. The lowest BCUT2D eigenvalue weighted by molar-refractivity contribution is -0.146. The van der Waals surface area contributed by atoms with Gasteiger partial charge in [0, 0.05) is 45.6 Å². The maximum atomic E-state index is 14.3. The highest BCUT2D eigenvalue weighted by Crippen LogP contribution is 2.60. The van der Waals surface area contributed by atoms with Crippen molar-refractivity contribution < 1.29 is 24.2 Å². The molecule has 40 heavy (non-hydrogen) atoms. The van der Waals surface area contributed by atoms with Crippen LogP contribution in [0.3, 0.4) is 0 Å². The van der Waals surface area contributed by atoms with E-state index < -0.39 is 20.0 Å². The number of anilines is 3. The van der Waals surface area contributed by atoms with Crippen molar-refractivity contribution in [2.24, 2.45) is 5.92 Å². The molecule has 2 amide bonds. The number of ether oxygens (including phenoxy) is 1. The van der Waals surface area contributed by atoms with E-state index in [1.54, 1.807) is 53.4 Å². The minimum absolute atomic E-state index is 0.101. The fraction of sp³-hybridized carbons (Fsp3) is 0.333. The van der Waals surface area contributed by atoms with Crippen molar-refractivity contribution in [1.29, 1.82) is 0 Å².